The molecule has 0 aromatic heterocycles. The van der Waals surface area contributed by atoms with Gasteiger partial charge in [0.2, 0.25) is 23.5 Å². The van der Waals surface area contributed by atoms with Crippen LogP contribution in [0, 0.1) is 23.7 Å². The molecule has 15 heteroatoms. The Hall–Kier alpha value is -4.53. The van der Waals surface area contributed by atoms with Crippen molar-refractivity contribution in [1.82, 2.24) is 31.2 Å². The maximum absolute atomic E-state index is 14.2. The van der Waals surface area contributed by atoms with Gasteiger partial charge in [0.05, 0.1) is 26.3 Å². The SMILES string of the molecule is CON(C)C(=O)C(NC(=O)CNC(=O)C(=O)C(CC1CC1)NC(=O)C(CC1CC1)N(C)C(=O)C(NC(=O)OCC(C)C)C1CCCCC1)c1ccccc1. The predicted octanol–water partition coefficient (Wildman–Crippen LogP) is 2.79. The Balaban J connectivity index is 1.43. The summed E-state index contributed by atoms with van der Waals surface area (Å²) in [6, 6.07) is 4.41. The molecule has 298 valence electrons. The van der Waals surface area contributed by atoms with E-state index in [4.69, 9.17) is 9.57 Å². The van der Waals surface area contributed by atoms with Crippen LogP contribution in [0.3, 0.4) is 0 Å². The highest BCUT2D eigenvalue weighted by Crippen LogP contribution is 2.36. The van der Waals surface area contributed by atoms with Crippen molar-refractivity contribution in [3.05, 3.63) is 35.9 Å². The first-order chi connectivity index (χ1) is 25.8. The van der Waals surface area contributed by atoms with Crippen molar-refractivity contribution >= 4 is 41.4 Å². The fourth-order valence-electron chi connectivity index (χ4n) is 6.75. The van der Waals surface area contributed by atoms with Crippen molar-refractivity contribution < 1.29 is 43.1 Å². The van der Waals surface area contributed by atoms with E-state index in [0.717, 1.165) is 62.9 Å². The van der Waals surface area contributed by atoms with Gasteiger partial charge in [-0.2, -0.15) is 0 Å². The lowest BCUT2D eigenvalue weighted by Gasteiger charge is -2.36. The number of amides is 6. The van der Waals surface area contributed by atoms with Crippen LogP contribution in [0.15, 0.2) is 30.3 Å². The summed E-state index contributed by atoms with van der Waals surface area (Å²) in [6.45, 7) is 3.44. The molecule has 0 spiro atoms. The molecular weight excluding hydrogens is 696 g/mol. The summed E-state index contributed by atoms with van der Waals surface area (Å²) in [5, 5.41) is 11.5. The number of hydrogen-bond acceptors (Lipinski definition) is 9. The van der Waals surface area contributed by atoms with Crippen LogP contribution in [0.5, 0.6) is 0 Å². The summed E-state index contributed by atoms with van der Waals surface area (Å²) >= 11 is 0. The number of rotatable bonds is 20. The molecule has 4 atom stereocenters. The van der Waals surface area contributed by atoms with E-state index in [9.17, 15) is 33.6 Å². The molecule has 4 N–H and O–H groups in total. The molecule has 0 heterocycles. The largest absolute Gasteiger partial charge is 0.449 e. The number of nitrogens with one attached hydrogen (secondary N) is 4. The van der Waals surface area contributed by atoms with Gasteiger partial charge in [-0.25, -0.2) is 9.86 Å². The highest BCUT2D eigenvalue weighted by Gasteiger charge is 2.41. The zero-order valence-corrected chi connectivity index (χ0v) is 32.3. The number of ether oxygens (including phenoxy) is 1. The Labute approximate surface area is 317 Å². The van der Waals surface area contributed by atoms with Crippen LogP contribution in [0.25, 0.3) is 0 Å². The van der Waals surface area contributed by atoms with Gasteiger partial charge in [0.15, 0.2) is 0 Å². The van der Waals surface area contributed by atoms with E-state index in [1.165, 1.54) is 19.1 Å². The number of hydrogen-bond donors (Lipinski definition) is 4. The number of alkyl carbamates (subject to hydrolysis) is 1. The zero-order valence-electron chi connectivity index (χ0n) is 32.3. The number of carbonyl (C=O) groups is 7. The molecule has 4 unspecified atom stereocenters. The second kappa shape index (κ2) is 20.2. The summed E-state index contributed by atoms with van der Waals surface area (Å²) in [7, 11) is 4.26. The van der Waals surface area contributed by atoms with Crippen LogP contribution >= 0.6 is 0 Å². The number of carbonyl (C=O) groups excluding carboxylic acids is 7. The van der Waals surface area contributed by atoms with Gasteiger partial charge in [0.1, 0.15) is 18.1 Å². The summed E-state index contributed by atoms with van der Waals surface area (Å²) in [6.07, 6.45) is 7.86. The maximum atomic E-state index is 14.2. The van der Waals surface area contributed by atoms with Crippen LogP contribution < -0.4 is 21.3 Å². The van der Waals surface area contributed by atoms with E-state index in [1.54, 1.807) is 37.4 Å². The molecular formula is C39H58N6O9. The van der Waals surface area contributed by atoms with E-state index >= 15 is 0 Å². The second-order valence-corrected chi connectivity index (χ2v) is 15.4. The van der Waals surface area contributed by atoms with Crippen molar-refractivity contribution in [1.29, 1.82) is 0 Å². The Bertz CT molecular complexity index is 1480. The summed E-state index contributed by atoms with van der Waals surface area (Å²) in [4.78, 5) is 100. The number of likely N-dealkylation sites (N-methyl/N-ethyl adjacent to an activating group) is 2. The minimum absolute atomic E-state index is 0.114. The third kappa shape index (κ3) is 12.8. The predicted molar refractivity (Wildman–Crippen MR) is 198 cm³/mol. The molecule has 0 aliphatic heterocycles. The number of ketones is 1. The van der Waals surface area contributed by atoms with Gasteiger partial charge < -0.3 is 30.9 Å². The lowest BCUT2D eigenvalue weighted by molar-refractivity contribution is -0.171. The Kier molecular flexibility index (Phi) is 15.8. The molecule has 6 amide bonds. The van der Waals surface area contributed by atoms with Crippen LogP contribution in [0.2, 0.25) is 0 Å². The molecule has 0 radical (unpaired) electrons. The van der Waals surface area contributed by atoms with Gasteiger partial charge in [-0.05, 0) is 54.9 Å². The smallest absolute Gasteiger partial charge is 0.407 e. The maximum Gasteiger partial charge on any atom is 0.407 e. The van der Waals surface area contributed by atoms with Crippen molar-refractivity contribution in [2.24, 2.45) is 23.7 Å². The lowest BCUT2D eigenvalue weighted by Crippen LogP contribution is -2.59. The average molecular weight is 755 g/mol. The summed E-state index contributed by atoms with van der Waals surface area (Å²) in [5.74, 6) is -3.83. The minimum Gasteiger partial charge on any atom is -0.449 e. The third-order valence-corrected chi connectivity index (χ3v) is 10.4. The van der Waals surface area contributed by atoms with Gasteiger partial charge in [0.25, 0.3) is 11.8 Å². The van der Waals surface area contributed by atoms with E-state index in [1.807, 2.05) is 13.8 Å². The van der Waals surface area contributed by atoms with Crippen LogP contribution in [-0.4, -0.2) is 104 Å². The van der Waals surface area contributed by atoms with Crippen LogP contribution in [0.4, 0.5) is 4.79 Å². The Morgan fingerprint density at radius 3 is 2.02 bits per heavy atom. The summed E-state index contributed by atoms with van der Waals surface area (Å²) < 4.78 is 5.36. The number of benzene rings is 1. The quantitative estimate of drug-likeness (QED) is 0.115. The fraction of sp³-hybridized carbons (Fsp3) is 0.667. The van der Waals surface area contributed by atoms with E-state index < -0.39 is 72.1 Å². The Morgan fingerprint density at radius 1 is 0.796 bits per heavy atom. The first kappa shape index (κ1) is 42.2. The fourth-order valence-corrected chi connectivity index (χ4v) is 6.75. The third-order valence-electron chi connectivity index (χ3n) is 10.4. The Morgan fingerprint density at radius 2 is 1.43 bits per heavy atom. The van der Waals surface area contributed by atoms with Gasteiger partial charge >= 0.3 is 6.09 Å². The number of hydroxylamine groups is 2. The molecule has 1 aromatic rings. The molecule has 1 aromatic carbocycles. The topological polar surface area (TPSA) is 193 Å². The lowest BCUT2D eigenvalue weighted by atomic mass is 9.83. The van der Waals surface area contributed by atoms with Crippen molar-refractivity contribution in [2.45, 2.75) is 109 Å². The standard InChI is InChI=1S/C39H58N6O9/c1-24(2)23-54-39(52)43-32(27-12-8-6-9-13-27)37(50)44(3)30(21-26-18-19-26)35(48)41-29(20-25-16-17-25)34(47)36(49)40-22-31(46)42-33(38(51)45(4)53-5)28-14-10-7-11-15-28/h7,10-11,14-15,24-27,29-30,32-33H,6,8-9,12-13,16-23H2,1-5H3,(H,40,49)(H,41,48)(H,42,46)(H,43,52). The average Bonchev–Trinajstić information content (AvgIpc) is 4.12. The molecule has 15 nitrogen and oxygen atoms in total. The van der Waals surface area contributed by atoms with Gasteiger partial charge in [0, 0.05) is 14.1 Å². The molecule has 0 saturated heterocycles. The van der Waals surface area contributed by atoms with Crippen LogP contribution in [-0.2, 0) is 38.3 Å². The monoisotopic (exact) mass is 754 g/mol. The second-order valence-electron chi connectivity index (χ2n) is 15.4. The molecule has 4 rings (SSSR count). The molecule has 3 saturated carbocycles. The van der Waals surface area contributed by atoms with Crippen molar-refractivity contribution in [2.75, 3.05) is 34.4 Å². The molecule has 0 bridgehead atoms. The van der Waals surface area contributed by atoms with E-state index in [-0.39, 0.29) is 36.7 Å². The van der Waals surface area contributed by atoms with Gasteiger partial charge in [-0.1, -0.05) is 89.1 Å². The summed E-state index contributed by atoms with van der Waals surface area (Å²) in [5.41, 5.74) is 0.491. The molecule has 3 aliphatic rings. The number of nitrogens with zero attached hydrogens (tertiary/aromatic N) is 2. The highest BCUT2D eigenvalue weighted by atomic mass is 16.7. The molecule has 3 aliphatic carbocycles. The minimum atomic E-state index is -1.18. The van der Waals surface area contributed by atoms with E-state index in [0.29, 0.717) is 12.0 Å². The zero-order chi connectivity index (χ0) is 39.4. The normalized spacial score (nSPS) is 18.0. The number of Topliss-reactive ketones (excluding diaryl/α,β-unsaturated/α-hetero) is 1. The van der Waals surface area contributed by atoms with Crippen LogP contribution in [0.1, 0.15) is 96.1 Å². The highest BCUT2D eigenvalue weighted by molar-refractivity contribution is 6.38. The van der Waals surface area contributed by atoms with Crippen molar-refractivity contribution in [3.8, 4) is 0 Å². The molecule has 54 heavy (non-hydrogen) atoms. The first-order valence-corrected chi connectivity index (χ1v) is 19.3. The van der Waals surface area contributed by atoms with Gasteiger partial charge in [-0.15, -0.1) is 0 Å². The van der Waals surface area contributed by atoms with Crippen molar-refractivity contribution in [3.63, 3.8) is 0 Å². The molecule has 3 fully saturated rings. The van der Waals surface area contributed by atoms with E-state index in [2.05, 4.69) is 21.3 Å². The van der Waals surface area contributed by atoms with Gasteiger partial charge in [-0.3, -0.25) is 33.6 Å². The first-order valence-electron chi connectivity index (χ1n) is 19.3.